The van der Waals surface area contributed by atoms with Gasteiger partial charge in [0.1, 0.15) is 6.61 Å². The minimum Gasteiger partial charge on any atom is -0.488 e. The zero-order chi connectivity index (χ0) is 16.7. The minimum atomic E-state index is -1.09. The first-order chi connectivity index (χ1) is 11.1. The second kappa shape index (κ2) is 7.98. The van der Waals surface area contributed by atoms with Crippen LogP contribution >= 0.6 is 0 Å². The number of amides is 1. The van der Waals surface area contributed by atoms with Gasteiger partial charge < -0.3 is 19.9 Å². The standard InChI is InChI=1S/C16H19N3O4/c1-3-22-14-6-13(9-19-16(20)21)8-18-15(14)23-10-12-5-4-11(2)17-7-12/h4-8,19H,3,9-10H2,1-2H3,(H,20,21). The molecule has 0 saturated heterocycles. The molecule has 2 heterocycles. The Bertz CT molecular complexity index is 659. The lowest BCUT2D eigenvalue weighted by Gasteiger charge is -2.12. The quantitative estimate of drug-likeness (QED) is 0.815. The summed E-state index contributed by atoms with van der Waals surface area (Å²) in [6, 6.07) is 5.57. The zero-order valence-corrected chi connectivity index (χ0v) is 13.1. The summed E-state index contributed by atoms with van der Waals surface area (Å²) in [5, 5.41) is 10.9. The first-order valence-electron chi connectivity index (χ1n) is 7.21. The largest absolute Gasteiger partial charge is 0.488 e. The van der Waals surface area contributed by atoms with Gasteiger partial charge in [-0.2, -0.15) is 0 Å². The number of nitrogens with zero attached hydrogens (tertiary/aromatic N) is 2. The van der Waals surface area contributed by atoms with Crippen molar-refractivity contribution in [1.82, 2.24) is 15.3 Å². The lowest BCUT2D eigenvalue weighted by atomic mass is 10.2. The highest BCUT2D eigenvalue weighted by molar-refractivity contribution is 5.64. The molecule has 0 aromatic carbocycles. The summed E-state index contributed by atoms with van der Waals surface area (Å²) in [6.07, 6.45) is 2.22. The van der Waals surface area contributed by atoms with Crippen molar-refractivity contribution in [3.8, 4) is 11.6 Å². The smallest absolute Gasteiger partial charge is 0.404 e. The van der Waals surface area contributed by atoms with Gasteiger partial charge in [-0.3, -0.25) is 4.98 Å². The number of hydrogen-bond donors (Lipinski definition) is 2. The predicted octanol–water partition coefficient (Wildman–Crippen LogP) is 2.53. The number of pyridine rings is 2. The molecule has 2 aromatic heterocycles. The molecule has 0 saturated carbocycles. The predicted molar refractivity (Wildman–Crippen MR) is 83.6 cm³/mol. The van der Waals surface area contributed by atoms with Gasteiger partial charge in [0, 0.05) is 30.2 Å². The number of nitrogens with one attached hydrogen (secondary N) is 1. The summed E-state index contributed by atoms with van der Waals surface area (Å²) in [5.41, 5.74) is 2.56. The molecular weight excluding hydrogens is 298 g/mol. The third kappa shape index (κ3) is 5.14. The Morgan fingerprint density at radius 2 is 2.00 bits per heavy atom. The summed E-state index contributed by atoms with van der Waals surface area (Å²) in [4.78, 5) is 19.0. The molecule has 122 valence electrons. The maximum atomic E-state index is 10.5. The van der Waals surface area contributed by atoms with Crippen LogP contribution in [-0.4, -0.2) is 27.8 Å². The van der Waals surface area contributed by atoms with Crippen molar-refractivity contribution in [2.45, 2.75) is 27.0 Å². The van der Waals surface area contributed by atoms with Crippen LogP contribution in [0, 0.1) is 6.92 Å². The SMILES string of the molecule is CCOc1cc(CNC(=O)O)cnc1OCc1ccc(C)nc1. The molecule has 0 radical (unpaired) electrons. The highest BCUT2D eigenvalue weighted by atomic mass is 16.5. The van der Waals surface area contributed by atoms with Crippen molar-refractivity contribution in [2.24, 2.45) is 0 Å². The van der Waals surface area contributed by atoms with Crippen molar-refractivity contribution in [1.29, 1.82) is 0 Å². The summed E-state index contributed by atoms with van der Waals surface area (Å²) in [7, 11) is 0. The number of carbonyl (C=O) groups is 1. The average Bonchev–Trinajstić information content (AvgIpc) is 2.54. The van der Waals surface area contributed by atoms with Crippen LogP contribution in [0.15, 0.2) is 30.6 Å². The Balaban J connectivity index is 2.07. The number of hydrogen-bond acceptors (Lipinski definition) is 5. The molecule has 2 N–H and O–H groups in total. The third-order valence-electron chi connectivity index (χ3n) is 2.97. The van der Waals surface area contributed by atoms with Crippen molar-refractivity contribution in [3.63, 3.8) is 0 Å². The van der Waals surface area contributed by atoms with Gasteiger partial charge in [0.25, 0.3) is 5.88 Å². The molecule has 7 nitrogen and oxygen atoms in total. The van der Waals surface area contributed by atoms with Gasteiger partial charge in [-0.25, -0.2) is 9.78 Å². The van der Waals surface area contributed by atoms with Gasteiger partial charge in [-0.15, -0.1) is 0 Å². The molecule has 0 aliphatic rings. The molecular formula is C16H19N3O4. The molecule has 1 amide bonds. The number of rotatable bonds is 7. The number of aryl methyl sites for hydroxylation is 1. The van der Waals surface area contributed by atoms with Crippen LogP contribution in [0.5, 0.6) is 11.6 Å². The van der Waals surface area contributed by atoms with Crippen LogP contribution in [0.4, 0.5) is 4.79 Å². The van der Waals surface area contributed by atoms with Crippen LogP contribution in [0.25, 0.3) is 0 Å². The summed E-state index contributed by atoms with van der Waals surface area (Å²) < 4.78 is 11.2. The fourth-order valence-electron chi connectivity index (χ4n) is 1.85. The molecule has 0 bridgehead atoms. The minimum absolute atomic E-state index is 0.157. The zero-order valence-electron chi connectivity index (χ0n) is 13.1. The van der Waals surface area contributed by atoms with Gasteiger partial charge in [-0.05, 0) is 31.5 Å². The fourth-order valence-corrected chi connectivity index (χ4v) is 1.85. The van der Waals surface area contributed by atoms with E-state index in [1.807, 2.05) is 26.0 Å². The van der Waals surface area contributed by atoms with E-state index < -0.39 is 6.09 Å². The van der Waals surface area contributed by atoms with E-state index in [-0.39, 0.29) is 6.54 Å². The Morgan fingerprint density at radius 1 is 1.22 bits per heavy atom. The lowest BCUT2D eigenvalue weighted by molar-refractivity contribution is 0.194. The van der Waals surface area contributed by atoms with Crippen LogP contribution in [-0.2, 0) is 13.2 Å². The third-order valence-corrected chi connectivity index (χ3v) is 2.97. The summed E-state index contributed by atoms with van der Waals surface area (Å²) in [5.74, 6) is 0.851. The first kappa shape index (κ1) is 16.5. The number of carboxylic acid groups (broad SMARTS) is 1. The van der Waals surface area contributed by atoms with Gasteiger partial charge in [-0.1, -0.05) is 6.07 Å². The Morgan fingerprint density at radius 3 is 2.65 bits per heavy atom. The van der Waals surface area contributed by atoms with Crippen molar-refractivity contribution >= 4 is 6.09 Å². The maximum Gasteiger partial charge on any atom is 0.404 e. The number of aromatic nitrogens is 2. The van der Waals surface area contributed by atoms with E-state index in [2.05, 4.69) is 15.3 Å². The first-order valence-corrected chi connectivity index (χ1v) is 7.21. The van der Waals surface area contributed by atoms with Gasteiger partial charge in [0.15, 0.2) is 5.75 Å². The van der Waals surface area contributed by atoms with Crippen LogP contribution < -0.4 is 14.8 Å². The average molecular weight is 317 g/mol. The normalized spacial score (nSPS) is 10.2. The highest BCUT2D eigenvalue weighted by Crippen LogP contribution is 2.26. The van der Waals surface area contributed by atoms with Crippen molar-refractivity contribution < 1.29 is 19.4 Å². The molecule has 7 heteroatoms. The summed E-state index contributed by atoms with van der Waals surface area (Å²) >= 11 is 0. The second-order valence-electron chi connectivity index (χ2n) is 4.84. The topological polar surface area (TPSA) is 93.6 Å². The molecule has 23 heavy (non-hydrogen) atoms. The molecule has 0 aliphatic heterocycles. The van der Waals surface area contributed by atoms with Crippen LogP contribution in [0.1, 0.15) is 23.7 Å². The Labute approximate surface area is 134 Å². The molecule has 0 spiro atoms. The van der Waals surface area contributed by atoms with E-state index in [1.165, 1.54) is 0 Å². The highest BCUT2D eigenvalue weighted by Gasteiger charge is 2.09. The fraction of sp³-hybridized carbons (Fsp3) is 0.312. The van der Waals surface area contributed by atoms with E-state index in [0.717, 1.165) is 11.3 Å². The molecule has 0 aliphatic carbocycles. The Hall–Kier alpha value is -2.83. The van der Waals surface area contributed by atoms with Gasteiger partial charge in [0.2, 0.25) is 0 Å². The monoisotopic (exact) mass is 317 g/mol. The van der Waals surface area contributed by atoms with E-state index in [0.29, 0.717) is 30.4 Å². The molecule has 2 rings (SSSR count). The van der Waals surface area contributed by atoms with E-state index in [1.54, 1.807) is 18.5 Å². The van der Waals surface area contributed by atoms with E-state index >= 15 is 0 Å². The van der Waals surface area contributed by atoms with Crippen molar-refractivity contribution in [3.05, 3.63) is 47.4 Å². The molecule has 0 fully saturated rings. The van der Waals surface area contributed by atoms with Gasteiger partial charge in [0.05, 0.1) is 6.61 Å². The Kier molecular flexibility index (Phi) is 5.74. The van der Waals surface area contributed by atoms with Crippen LogP contribution in [0.2, 0.25) is 0 Å². The van der Waals surface area contributed by atoms with Crippen LogP contribution in [0.3, 0.4) is 0 Å². The molecule has 0 atom stereocenters. The summed E-state index contributed by atoms with van der Waals surface area (Å²) in [6.45, 7) is 4.72. The molecule has 2 aromatic rings. The lowest BCUT2D eigenvalue weighted by Crippen LogP contribution is -2.20. The maximum absolute atomic E-state index is 10.5. The number of ether oxygens (including phenoxy) is 2. The van der Waals surface area contributed by atoms with Gasteiger partial charge >= 0.3 is 6.09 Å². The van der Waals surface area contributed by atoms with Crippen molar-refractivity contribution in [2.75, 3.05) is 6.61 Å². The van der Waals surface area contributed by atoms with E-state index in [4.69, 9.17) is 14.6 Å². The molecule has 0 unspecified atom stereocenters. The second-order valence-corrected chi connectivity index (χ2v) is 4.84. The van der Waals surface area contributed by atoms with E-state index in [9.17, 15) is 4.79 Å².